The van der Waals surface area contributed by atoms with Crippen LogP contribution in [0.25, 0.3) is 5.69 Å². The SMILES string of the molecule is CCCNC(c1cnnn1-c1ccccc1)C(C)C. The van der Waals surface area contributed by atoms with Crippen molar-refractivity contribution >= 4 is 0 Å². The first-order valence-corrected chi connectivity index (χ1v) is 6.93. The fraction of sp³-hybridized carbons (Fsp3) is 0.467. The van der Waals surface area contributed by atoms with E-state index in [0.717, 1.165) is 24.3 Å². The summed E-state index contributed by atoms with van der Waals surface area (Å²) in [5, 5.41) is 11.9. The molecule has 0 aliphatic carbocycles. The summed E-state index contributed by atoms with van der Waals surface area (Å²) in [5.41, 5.74) is 2.17. The Kier molecular flexibility index (Phi) is 4.68. The first-order chi connectivity index (χ1) is 9.24. The van der Waals surface area contributed by atoms with Gasteiger partial charge in [-0.3, -0.25) is 0 Å². The number of benzene rings is 1. The molecule has 0 fully saturated rings. The predicted molar refractivity (Wildman–Crippen MR) is 77.2 cm³/mol. The Balaban J connectivity index is 2.31. The molecule has 19 heavy (non-hydrogen) atoms. The Morgan fingerprint density at radius 3 is 2.58 bits per heavy atom. The molecule has 4 heteroatoms. The van der Waals surface area contributed by atoms with E-state index in [4.69, 9.17) is 0 Å². The monoisotopic (exact) mass is 258 g/mol. The molecule has 2 rings (SSSR count). The number of para-hydroxylation sites is 1. The topological polar surface area (TPSA) is 42.7 Å². The van der Waals surface area contributed by atoms with Gasteiger partial charge >= 0.3 is 0 Å². The molecule has 0 saturated carbocycles. The molecule has 0 radical (unpaired) electrons. The van der Waals surface area contributed by atoms with Crippen molar-refractivity contribution in [3.05, 3.63) is 42.2 Å². The van der Waals surface area contributed by atoms with Crippen LogP contribution in [0.1, 0.15) is 38.9 Å². The van der Waals surface area contributed by atoms with E-state index in [2.05, 4.69) is 48.5 Å². The Morgan fingerprint density at radius 1 is 1.21 bits per heavy atom. The van der Waals surface area contributed by atoms with Gasteiger partial charge in [-0.25, -0.2) is 4.68 Å². The van der Waals surface area contributed by atoms with Crippen molar-refractivity contribution in [3.8, 4) is 5.69 Å². The fourth-order valence-corrected chi connectivity index (χ4v) is 2.21. The van der Waals surface area contributed by atoms with Crippen LogP contribution in [0.15, 0.2) is 36.5 Å². The first-order valence-electron chi connectivity index (χ1n) is 6.93. The number of nitrogens with one attached hydrogen (secondary N) is 1. The molecule has 0 aliphatic heterocycles. The molecule has 102 valence electrons. The van der Waals surface area contributed by atoms with Gasteiger partial charge in [-0.2, -0.15) is 0 Å². The number of aromatic nitrogens is 3. The Morgan fingerprint density at radius 2 is 1.95 bits per heavy atom. The Bertz CT molecular complexity index is 490. The third-order valence-electron chi connectivity index (χ3n) is 3.18. The van der Waals surface area contributed by atoms with Crippen molar-refractivity contribution < 1.29 is 0 Å². The van der Waals surface area contributed by atoms with Crippen LogP contribution in [0.5, 0.6) is 0 Å². The van der Waals surface area contributed by atoms with Crippen LogP contribution in [0.4, 0.5) is 0 Å². The number of rotatable bonds is 6. The van der Waals surface area contributed by atoms with Gasteiger partial charge in [0.1, 0.15) is 0 Å². The second kappa shape index (κ2) is 6.48. The molecule has 1 aromatic heterocycles. The quantitative estimate of drug-likeness (QED) is 0.866. The molecule has 1 aromatic carbocycles. The maximum atomic E-state index is 4.22. The van der Waals surface area contributed by atoms with Gasteiger partial charge in [-0.1, -0.05) is 44.2 Å². The molecule has 1 N–H and O–H groups in total. The predicted octanol–water partition coefficient (Wildman–Crippen LogP) is 2.96. The molecule has 2 aromatic rings. The van der Waals surface area contributed by atoms with Gasteiger partial charge in [0.05, 0.1) is 23.6 Å². The van der Waals surface area contributed by atoms with E-state index in [1.807, 2.05) is 29.1 Å². The lowest BCUT2D eigenvalue weighted by atomic mass is 10.0. The molecule has 0 bridgehead atoms. The van der Waals surface area contributed by atoms with E-state index in [1.54, 1.807) is 0 Å². The highest BCUT2D eigenvalue weighted by atomic mass is 15.4. The molecular formula is C15H22N4. The first kappa shape index (κ1) is 13.7. The average molecular weight is 258 g/mol. The standard InChI is InChI=1S/C15H22N4/c1-4-10-16-15(12(2)3)14-11-17-18-19(14)13-8-6-5-7-9-13/h5-9,11-12,15-16H,4,10H2,1-3H3. The largest absolute Gasteiger partial charge is 0.308 e. The molecule has 4 nitrogen and oxygen atoms in total. The number of nitrogens with zero attached hydrogens (tertiary/aromatic N) is 3. The van der Waals surface area contributed by atoms with Gasteiger partial charge in [0.15, 0.2) is 0 Å². The highest BCUT2D eigenvalue weighted by molar-refractivity contribution is 5.32. The van der Waals surface area contributed by atoms with E-state index in [-0.39, 0.29) is 6.04 Å². The summed E-state index contributed by atoms with van der Waals surface area (Å²) < 4.78 is 1.92. The van der Waals surface area contributed by atoms with E-state index >= 15 is 0 Å². The van der Waals surface area contributed by atoms with Crippen molar-refractivity contribution in [3.63, 3.8) is 0 Å². The summed E-state index contributed by atoms with van der Waals surface area (Å²) in [6, 6.07) is 10.4. The van der Waals surface area contributed by atoms with Gasteiger partial charge < -0.3 is 5.32 Å². The van der Waals surface area contributed by atoms with Gasteiger partial charge in [-0.05, 0) is 31.0 Å². The van der Waals surface area contributed by atoms with Gasteiger partial charge in [-0.15, -0.1) is 5.10 Å². The smallest absolute Gasteiger partial charge is 0.0817 e. The van der Waals surface area contributed by atoms with Crippen LogP contribution >= 0.6 is 0 Å². The van der Waals surface area contributed by atoms with Crippen molar-refractivity contribution in [2.45, 2.75) is 33.2 Å². The lowest BCUT2D eigenvalue weighted by molar-refractivity contribution is 0.397. The Labute approximate surface area is 114 Å². The van der Waals surface area contributed by atoms with E-state index in [1.165, 1.54) is 0 Å². The highest BCUT2D eigenvalue weighted by Crippen LogP contribution is 2.22. The van der Waals surface area contributed by atoms with Crippen LogP contribution in [0.2, 0.25) is 0 Å². The summed E-state index contributed by atoms with van der Waals surface area (Å²) in [4.78, 5) is 0. The summed E-state index contributed by atoms with van der Waals surface area (Å²) in [6.07, 6.45) is 2.98. The van der Waals surface area contributed by atoms with Gasteiger partial charge in [0.2, 0.25) is 0 Å². The molecule has 1 atom stereocenters. The minimum Gasteiger partial charge on any atom is -0.308 e. The van der Waals surface area contributed by atoms with Crippen LogP contribution < -0.4 is 5.32 Å². The minimum atomic E-state index is 0.273. The fourth-order valence-electron chi connectivity index (χ4n) is 2.21. The lowest BCUT2D eigenvalue weighted by Crippen LogP contribution is -2.28. The lowest BCUT2D eigenvalue weighted by Gasteiger charge is -2.22. The molecule has 0 aliphatic rings. The van der Waals surface area contributed by atoms with Gasteiger partial charge in [0.25, 0.3) is 0 Å². The van der Waals surface area contributed by atoms with Crippen LogP contribution in [-0.2, 0) is 0 Å². The third kappa shape index (κ3) is 3.20. The number of hydrogen-bond donors (Lipinski definition) is 1. The summed E-state index contributed by atoms with van der Waals surface area (Å²) in [7, 11) is 0. The molecule has 0 amide bonds. The zero-order valence-electron chi connectivity index (χ0n) is 11.9. The average Bonchev–Trinajstić information content (AvgIpc) is 2.89. The third-order valence-corrected chi connectivity index (χ3v) is 3.18. The maximum absolute atomic E-state index is 4.22. The molecule has 0 saturated heterocycles. The summed E-state index contributed by atoms with van der Waals surface area (Å²) in [5.74, 6) is 0.493. The van der Waals surface area contributed by atoms with Crippen molar-refractivity contribution in [2.24, 2.45) is 5.92 Å². The Hall–Kier alpha value is -1.68. The van der Waals surface area contributed by atoms with Crippen LogP contribution in [0, 0.1) is 5.92 Å². The highest BCUT2D eigenvalue weighted by Gasteiger charge is 2.20. The second-order valence-corrected chi connectivity index (χ2v) is 5.08. The molecule has 1 unspecified atom stereocenters. The van der Waals surface area contributed by atoms with Crippen molar-refractivity contribution in [2.75, 3.05) is 6.54 Å². The normalized spacial score (nSPS) is 12.8. The van der Waals surface area contributed by atoms with E-state index < -0.39 is 0 Å². The minimum absolute atomic E-state index is 0.273. The molecule has 0 spiro atoms. The van der Waals surface area contributed by atoms with Crippen LogP contribution in [-0.4, -0.2) is 21.5 Å². The molecule has 1 heterocycles. The van der Waals surface area contributed by atoms with E-state index in [9.17, 15) is 0 Å². The van der Waals surface area contributed by atoms with E-state index in [0.29, 0.717) is 5.92 Å². The van der Waals surface area contributed by atoms with Crippen molar-refractivity contribution in [1.82, 2.24) is 20.3 Å². The van der Waals surface area contributed by atoms with Crippen molar-refractivity contribution in [1.29, 1.82) is 0 Å². The maximum Gasteiger partial charge on any atom is 0.0817 e. The van der Waals surface area contributed by atoms with Gasteiger partial charge in [0, 0.05) is 0 Å². The zero-order chi connectivity index (χ0) is 13.7. The van der Waals surface area contributed by atoms with Crippen LogP contribution in [0.3, 0.4) is 0 Å². The number of hydrogen-bond acceptors (Lipinski definition) is 3. The zero-order valence-corrected chi connectivity index (χ0v) is 11.9. The summed E-state index contributed by atoms with van der Waals surface area (Å²) in [6.45, 7) is 7.62. The second-order valence-electron chi connectivity index (χ2n) is 5.08. The summed E-state index contributed by atoms with van der Waals surface area (Å²) >= 11 is 0. The molecular weight excluding hydrogens is 236 g/mol.